The van der Waals surface area contributed by atoms with Crippen molar-refractivity contribution in [3.63, 3.8) is 0 Å². The summed E-state index contributed by atoms with van der Waals surface area (Å²) in [4.78, 5) is 15.9. The van der Waals surface area contributed by atoms with Gasteiger partial charge in [-0.3, -0.25) is 4.79 Å². The number of hydrogen-bond acceptors (Lipinski definition) is 4. The van der Waals surface area contributed by atoms with E-state index in [0.29, 0.717) is 24.0 Å². The second-order valence-corrected chi connectivity index (χ2v) is 3.88. The van der Waals surface area contributed by atoms with Crippen molar-refractivity contribution in [2.45, 2.75) is 13.3 Å². The van der Waals surface area contributed by atoms with E-state index in [1.807, 2.05) is 30.3 Å². The van der Waals surface area contributed by atoms with E-state index in [1.165, 1.54) is 6.08 Å². The van der Waals surface area contributed by atoms with Gasteiger partial charge in [-0.2, -0.15) is 0 Å². The number of hydrogen-bond donors (Lipinski definition) is 0. The molecule has 0 saturated carbocycles. The normalized spacial score (nSPS) is 10.2. The summed E-state index contributed by atoms with van der Waals surface area (Å²) in [6.45, 7) is 5.74. The maximum absolute atomic E-state index is 11.6. The largest absolute Gasteiger partial charge is 0.466 e. The van der Waals surface area contributed by atoms with Gasteiger partial charge >= 0.3 is 5.97 Å². The minimum absolute atomic E-state index is 0.0684. The van der Waals surface area contributed by atoms with E-state index < -0.39 is 0 Å². The third kappa shape index (κ3) is 3.10. The Morgan fingerprint density at radius 2 is 2.16 bits per heavy atom. The van der Waals surface area contributed by atoms with E-state index in [0.717, 1.165) is 5.56 Å². The van der Waals surface area contributed by atoms with Gasteiger partial charge in [0.2, 0.25) is 5.89 Å². The van der Waals surface area contributed by atoms with Gasteiger partial charge < -0.3 is 9.15 Å². The maximum atomic E-state index is 11.6. The summed E-state index contributed by atoms with van der Waals surface area (Å²) in [5, 5.41) is 0. The standard InChI is InChI=1S/C15H15NO3/c1-3-13-16-15(11-8-6-5-7-9-11)12(19-13)10-14(17)18-4-2/h3,5-9H,1,4,10H2,2H3. The van der Waals surface area contributed by atoms with Crippen molar-refractivity contribution < 1.29 is 13.9 Å². The summed E-state index contributed by atoms with van der Waals surface area (Å²) in [5.74, 6) is 0.573. The van der Waals surface area contributed by atoms with Crippen LogP contribution in [-0.2, 0) is 16.0 Å². The number of carbonyl (C=O) groups is 1. The van der Waals surface area contributed by atoms with Crippen molar-refractivity contribution in [2.75, 3.05) is 6.61 Å². The monoisotopic (exact) mass is 257 g/mol. The molecule has 1 heterocycles. The molecule has 0 spiro atoms. The number of rotatable bonds is 5. The first-order valence-corrected chi connectivity index (χ1v) is 6.07. The fourth-order valence-electron chi connectivity index (χ4n) is 1.74. The van der Waals surface area contributed by atoms with Gasteiger partial charge in [0.05, 0.1) is 6.61 Å². The average molecular weight is 257 g/mol. The molecule has 0 aliphatic carbocycles. The van der Waals surface area contributed by atoms with Crippen LogP contribution in [0.1, 0.15) is 18.6 Å². The third-order valence-electron chi connectivity index (χ3n) is 2.55. The Labute approximate surface area is 111 Å². The lowest BCUT2D eigenvalue weighted by atomic mass is 10.1. The van der Waals surface area contributed by atoms with E-state index in [2.05, 4.69) is 11.6 Å². The Balaban J connectivity index is 2.34. The summed E-state index contributed by atoms with van der Waals surface area (Å²) in [5.41, 5.74) is 1.56. The molecule has 0 aliphatic heterocycles. The molecule has 98 valence electrons. The van der Waals surface area contributed by atoms with Crippen LogP contribution in [-0.4, -0.2) is 17.6 Å². The van der Waals surface area contributed by atoms with Gasteiger partial charge in [-0.1, -0.05) is 36.9 Å². The fraction of sp³-hybridized carbons (Fsp3) is 0.200. The molecule has 0 amide bonds. The summed E-state index contributed by atoms with van der Waals surface area (Å²) in [6, 6.07) is 9.57. The molecule has 0 radical (unpaired) electrons. The van der Waals surface area contributed by atoms with Crippen LogP contribution in [0, 0.1) is 0 Å². The van der Waals surface area contributed by atoms with Gasteiger partial charge in [0.25, 0.3) is 0 Å². The molecule has 0 bridgehead atoms. The van der Waals surface area contributed by atoms with E-state index in [4.69, 9.17) is 9.15 Å². The van der Waals surface area contributed by atoms with Crippen molar-refractivity contribution in [1.82, 2.24) is 4.98 Å². The lowest BCUT2D eigenvalue weighted by Gasteiger charge is -2.01. The lowest BCUT2D eigenvalue weighted by molar-refractivity contribution is -0.142. The maximum Gasteiger partial charge on any atom is 0.313 e. The van der Waals surface area contributed by atoms with E-state index in [9.17, 15) is 4.79 Å². The minimum atomic E-state index is -0.327. The number of nitrogens with zero attached hydrogens (tertiary/aromatic N) is 1. The molecule has 4 nitrogen and oxygen atoms in total. The molecule has 0 aliphatic rings. The highest BCUT2D eigenvalue weighted by molar-refractivity contribution is 5.75. The zero-order chi connectivity index (χ0) is 13.7. The zero-order valence-electron chi connectivity index (χ0n) is 10.8. The van der Waals surface area contributed by atoms with Crippen LogP contribution in [0.15, 0.2) is 41.3 Å². The topological polar surface area (TPSA) is 52.3 Å². The van der Waals surface area contributed by atoms with Gasteiger partial charge in [-0.25, -0.2) is 4.98 Å². The SMILES string of the molecule is C=Cc1nc(-c2ccccc2)c(CC(=O)OCC)o1. The van der Waals surface area contributed by atoms with Crippen LogP contribution >= 0.6 is 0 Å². The van der Waals surface area contributed by atoms with Crippen molar-refractivity contribution in [3.05, 3.63) is 48.6 Å². The van der Waals surface area contributed by atoms with Crippen LogP contribution in [0.3, 0.4) is 0 Å². The molecule has 2 rings (SSSR count). The molecule has 0 unspecified atom stereocenters. The van der Waals surface area contributed by atoms with Crippen LogP contribution in [0.2, 0.25) is 0 Å². The number of ether oxygens (including phenoxy) is 1. The van der Waals surface area contributed by atoms with E-state index >= 15 is 0 Å². The molecule has 1 aromatic heterocycles. The zero-order valence-corrected chi connectivity index (χ0v) is 10.8. The lowest BCUT2D eigenvalue weighted by Crippen LogP contribution is -2.07. The Bertz CT molecular complexity index is 572. The Morgan fingerprint density at radius 3 is 2.79 bits per heavy atom. The molecule has 4 heteroatoms. The molecule has 1 aromatic carbocycles. The first-order valence-electron chi connectivity index (χ1n) is 6.07. The van der Waals surface area contributed by atoms with Crippen LogP contribution in [0.5, 0.6) is 0 Å². The van der Waals surface area contributed by atoms with Crippen molar-refractivity contribution in [3.8, 4) is 11.3 Å². The van der Waals surface area contributed by atoms with Crippen molar-refractivity contribution in [1.29, 1.82) is 0 Å². The Hall–Kier alpha value is -2.36. The predicted octanol–water partition coefficient (Wildman–Crippen LogP) is 3.09. The predicted molar refractivity (Wildman–Crippen MR) is 72.4 cm³/mol. The number of esters is 1. The molecular weight excluding hydrogens is 242 g/mol. The number of benzene rings is 1. The molecule has 19 heavy (non-hydrogen) atoms. The quantitative estimate of drug-likeness (QED) is 0.772. The van der Waals surface area contributed by atoms with Crippen LogP contribution in [0.4, 0.5) is 0 Å². The first kappa shape index (κ1) is 13.1. The number of carbonyl (C=O) groups excluding carboxylic acids is 1. The highest BCUT2D eigenvalue weighted by atomic mass is 16.5. The summed E-state index contributed by atoms with van der Waals surface area (Å²) < 4.78 is 10.4. The smallest absolute Gasteiger partial charge is 0.313 e. The molecule has 0 saturated heterocycles. The first-order chi connectivity index (χ1) is 9.24. The van der Waals surface area contributed by atoms with Gasteiger partial charge in [0, 0.05) is 5.56 Å². The van der Waals surface area contributed by atoms with Crippen molar-refractivity contribution in [2.24, 2.45) is 0 Å². The van der Waals surface area contributed by atoms with Gasteiger partial charge in [0.15, 0.2) is 0 Å². The molecule has 0 atom stereocenters. The third-order valence-corrected chi connectivity index (χ3v) is 2.55. The fourth-order valence-corrected chi connectivity index (χ4v) is 1.74. The van der Waals surface area contributed by atoms with Crippen molar-refractivity contribution >= 4 is 12.0 Å². The molecule has 2 aromatic rings. The number of aromatic nitrogens is 1. The molecule has 0 N–H and O–H groups in total. The summed E-state index contributed by atoms with van der Waals surface area (Å²) in [6.07, 6.45) is 1.58. The van der Waals surface area contributed by atoms with E-state index in [1.54, 1.807) is 6.92 Å². The molecular formula is C15H15NO3. The minimum Gasteiger partial charge on any atom is -0.466 e. The van der Waals surface area contributed by atoms with Gasteiger partial charge in [0.1, 0.15) is 17.9 Å². The molecule has 0 fully saturated rings. The van der Waals surface area contributed by atoms with E-state index in [-0.39, 0.29) is 12.4 Å². The highest BCUT2D eigenvalue weighted by Gasteiger charge is 2.17. The van der Waals surface area contributed by atoms with Crippen LogP contribution in [0.25, 0.3) is 17.3 Å². The summed E-state index contributed by atoms with van der Waals surface area (Å²) >= 11 is 0. The van der Waals surface area contributed by atoms with Gasteiger partial charge in [-0.05, 0) is 13.0 Å². The number of oxazole rings is 1. The van der Waals surface area contributed by atoms with Crippen LogP contribution < -0.4 is 0 Å². The summed E-state index contributed by atoms with van der Waals surface area (Å²) in [7, 11) is 0. The second kappa shape index (κ2) is 6.00. The Morgan fingerprint density at radius 1 is 1.42 bits per heavy atom. The highest BCUT2D eigenvalue weighted by Crippen LogP contribution is 2.25. The van der Waals surface area contributed by atoms with Gasteiger partial charge in [-0.15, -0.1) is 0 Å². The average Bonchev–Trinajstić information content (AvgIpc) is 2.83. The Kier molecular flexibility index (Phi) is 4.13. The second-order valence-electron chi connectivity index (χ2n) is 3.88.